The molecule has 0 saturated heterocycles. The van der Waals surface area contributed by atoms with Crippen LogP contribution < -0.4 is 0 Å². The molecule has 5 aliphatic carbocycles. The summed E-state index contributed by atoms with van der Waals surface area (Å²) in [7, 11) is 0. The van der Waals surface area contributed by atoms with Crippen LogP contribution in [0.3, 0.4) is 0 Å². The Bertz CT molecular complexity index is 810. The van der Waals surface area contributed by atoms with Crippen molar-refractivity contribution in [2.24, 2.45) is 16.2 Å². The molecule has 0 aromatic carbocycles. The fourth-order valence-electron chi connectivity index (χ4n) is 6.82. The van der Waals surface area contributed by atoms with Gasteiger partial charge in [0.2, 0.25) is 0 Å². The summed E-state index contributed by atoms with van der Waals surface area (Å²) in [4.78, 5) is 13.1. The highest BCUT2D eigenvalue weighted by molar-refractivity contribution is 5.94. The van der Waals surface area contributed by atoms with Gasteiger partial charge in [-0.25, -0.2) is 0 Å². The average Bonchev–Trinajstić information content (AvgIpc) is 3.06. The van der Waals surface area contributed by atoms with E-state index in [4.69, 9.17) is 4.74 Å². The summed E-state index contributed by atoms with van der Waals surface area (Å²) >= 11 is 0. The molecule has 1 spiro atoms. The number of fused-ring (bicyclic) bond motifs is 3. The molecular formula is C24H30O2. The highest BCUT2D eigenvalue weighted by Gasteiger charge is 2.63. The number of rotatable bonds is 2. The van der Waals surface area contributed by atoms with Crippen LogP contribution in [0.5, 0.6) is 0 Å². The Balaban J connectivity index is 1.60. The van der Waals surface area contributed by atoms with Gasteiger partial charge in [-0.15, -0.1) is 0 Å². The van der Waals surface area contributed by atoms with E-state index in [9.17, 15) is 4.79 Å². The maximum absolute atomic E-state index is 13.1. The second-order valence-corrected chi connectivity index (χ2v) is 9.42. The van der Waals surface area contributed by atoms with Gasteiger partial charge in [0.05, 0.1) is 11.5 Å². The minimum Gasteiger partial charge on any atom is -0.374 e. The highest BCUT2D eigenvalue weighted by atomic mass is 16.5. The van der Waals surface area contributed by atoms with E-state index >= 15 is 0 Å². The Labute approximate surface area is 157 Å². The Kier molecular flexibility index (Phi) is 3.42. The van der Waals surface area contributed by atoms with Gasteiger partial charge in [-0.05, 0) is 67.6 Å². The van der Waals surface area contributed by atoms with Crippen molar-refractivity contribution in [3.8, 4) is 0 Å². The smallest absolute Gasteiger partial charge is 0.144 e. The summed E-state index contributed by atoms with van der Waals surface area (Å²) in [5.41, 5.74) is 5.90. The lowest BCUT2D eigenvalue weighted by Crippen LogP contribution is -2.43. The van der Waals surface area contributed by atoms with E-state index in [1.165, 1.54) is 16.7 Å². The first-order chi connectivity index (χ1) is 12.4. The Morgan fingerprint density at radius 3 is 2.81 bits per heavy atom. The lowest BCUT2D eigenvalue weighted by atomic mass is 9.54. The van der Waals surface area contributed by atoms with Crippen LogP contribution in [0.15, 0.2) is 46.6 Å². The van der Waals surface area contributed by atoms with E-state index in [2.05, 4.69) is 45.1 Å². The Morgan fingerprint density at radius 1 is 1.15 bits per heavy atom. The molecular weight excluding hydrogens is 320 g/mol. The van der Waals surface area contributed by atoms with Crippen LogP contribution >= 0.6 is 0 Å². The van der Waals surface area contributed by atoms with E-state index in [1.807, 2.05) is 0 Å². The van der Waals surface area contributed by atoms with Crippen molar-refractivity contribution in [1.82, 2.24) is 0 Å². The minimum atomic E-state index is -0.184. The molecule has 0 N–H and O–H groups in total. The number of hydrogen-bond donors (Lipinski definition) is 0. The molecule has 1 fully saturated rings. The van der Waals surface area contributed by atoms with Crippen molar-refractivity contribution >= 4 is 5.78 Å². The third-order valence-electron chi connectivity index (χ3n) is 8.40. The summed E-state index contributed by atoms with van der Waals surface area (Å²) in [6, 6.07) is 0. The largest absolute Gasteiger partial charge is 0.374 e. The quantitative estimate of drug-likeness (QED) is 0.660. The fraction of sp³-hybridized carbons (Fsp3) is 0.625. The van der Waals surface area contributed by atoms with Crippen molar-refractivity contribution in [2.45, 2.75) is 71.8 Å². The van der Waals surface area contributed by atoms with Crippen molar-refractivity contribution in [2.75, 3.05) is 6.61 Å². The zero-order valence-electron chi connectivity index (χ0n) is 16.4. The van der Waals surface area contributed by atoms with Crippen LogP contribution in [-0.4, -0.2) is 18.5 Å². The number of ether oxygens (including phenoxy) is 1. The van der Waals surface area contributed by atoms with Gasteiger partial charge in [0.1, 0.15) is 5.78 Å². The fourth-order valence-corrected chi connectivity index (χ4v) is 6.82. The van der Waals surface area contributed by atoms with Crippen LogP contribution in [0, 0.1) is 16.2 Å². The average molecular weight is 351 g/mol. The summed E-state index contributed by atoms with van der Waals surface area (Å²) in [6.45, 7) is 7.63. The molecule has 0 aromatic rings. The van der Waals surface area contributed by atoms with Gasteiger partial charge in [-0.3, -0.25) is 4.79 Å². The predicted molar refractivity (Wildman–Crippen MR) is 104 cm³/mol. The van der Waals surface area contributed by atoms with E-state index < -0.39 is 0 Å². The third kappa shape index (κ3) is 1.84. The molecule has 5 rings (SSSR count). The Hall–Kier alpha value is -1.41. The maximum Gasteiger partial charge on any atom is 0.144 e. The van der Waals surface area contributed by atoms with Crippen molar-refractivity contribution in [3.63, 3.8) is 0 Å². The summed E-state index contributed by atoms with van der Waals surface area (Å²) < 4.78 is 5.88. The Morgan fingerprint density at radius 2 is 2.00 bits per heavy atom. The summed E-state index contributed by atoms with van der Waals surface area (Å²) in [5.74, 6) is 0.509. The van der Waals surface area contributed by atoms with Crippen LogP contribution in [-0.2, 0) is 9.53 Å². The molecule has 0 bridgehead atoms. The van der Waals surface area contributed by atoms with Gasteiger partial charge in [-0.2, -0.15) is 0 Å². The molecule has 4 atom stereocenters. The SMILES string of the molecule is CCOC1C=C2C=CC3=C(CCC45C(=O)CC[C@]4(C)CC=C35)C2(C)CC1. The predicted octanol–water partition coefficient (Wildman–Crippen LogP) is 5.46. The number of carbonyl (C=O) groups is 1. The summed E-state index contributed by atoms with van der Waals surface area (Å²) in [6.07, 6.45) is 16.9. The molecule has 26 heavy (non-hydrogen) atoms. The zero-order chi connectivity index (χ0) is 18.2. The molecule has 1 saturated carbocycles. The van der Waals surface area contributed by atoms with Gasteiger partial charge in [0.25, 0.3) is 0 Å². The second kappa shape index (κ2) is 5.32. The van der Waals surface area contributed by atoms with Crippen LogP contribution in [0.1, 0.15) is 65.7 Å². The number of allylic oxidation sites excluding steroid dienone is 7. The first kappa shape index (κ1) is 16.7. The molecule has 0 aliphatic heterocycles. The van der Waals surface area contributed by atoms with E-state index in [1.54, 1.807) is 5.57 Å². The number of hydrogen-bond acceptors (Lipinski definition) is 2. The van der Waals surface area contributed by atoms with Gasteiger partial charge in [0, 0.05) is 18.4 Å². The van der Waals surface area contributed by atoms with E-state index in [-0.39, 0.29) is 22.3 Å². The summed E-state index contributed by atoms with van der Waals surface area (Å²) in [5, 5.41) is 0. The van der Waals surface area contributed by atoms with Crippen molar-refractivity contribution in [1.29, 1.82) is 0 Å². The van der Waals surface area contributed by atoms with Crippen molar-refractivity contribution in [3.05, 3.63) is 46.6 Å². The van der Waals surface area contributed by atoms with Gasteiger partial charge < -0.3 is 4.74 Å². The highest BCUT2D eigenvalue weighted by Crippen LogP contribution is 2.69. The third-order valence-corrected chi connectivity index (χ3v) is 8.40. The second-order valence-electron chi connectivity index (χ2n) is 9.42. The normalized spacial score (nSPS) is 43.5. The molecule has 0 amide bonds. The number of carbonyl (C=O) groups excluding carboxylic acids is 1. The molecule has 3 unspecified atom stereocenters. The van der Waals surface area contributed by atoms with Gasteiger partial charge in [-0.1, -0.05) is 43.7 Å². The molecule has 0 radical (unpaired) electrons. The molecule has 0 aromatic heterocycles. The molecule has 5 aliphatic rings. The molecule has 2 heteroatoms. The zero-order valence-corrected chi connectivity index (χ0v) is 16.4. The van der Waals surface area contributed by atoms with Crippen molar-refractivity contribution < 1.29 is 9.53 Å². The van der Waals surface area contributed by atoms with Crippen LogP contribution in [0.2, 0.25) is 0 Å². The lowest BCUT2D eigenvalue weighted by Gasteiger charge is -2.49. The van der Waals surface area contributed by atoms with Crippen LogP contribution in [0.4, 0.5) is 0 Å². The van der Waals surface area contributed by atoms with Crippen LogP contribution in [0.25, 0.3) is 0 Å². The maximum atomic E-state index is 13.1. The minimum absolute atomic E-state index is 0.126. The molecule has 2 nitrogen and oxygen atoms in total. The monoisotopic (exact) mass is 350 g/mol. The number of Topliss-reactive ketones (excluding diaryl/α,β-unsaturated/α-hetero) is 1. The molecule has 0 heterocycles. The topological polar surface area (TPSA) is 26.3 Å². The first-order valence-electron chi connectivity index (χ1n) is 10.4. The van der Waals surface area contributed by atoms with Gasteiger partial charge in [0.15, 0.2) is 0 Å². The van der Waals surface area contributed by atoms with Gasteiger partial charge >= 0.3 is 0 Å². The first-order valence-corrected chi connectivity index (χ1v) is 10.4. The lowest BCUT2D eigenvalue weighted by molar-refractivity contribution is -0.127. The number of ketones is 1. The van der Waals surface area contributed by atoms with E-state index in [0.29, 0.717) is 5.78 Å². The molecule has 138 valence electrons. The van der Waals surface area contributed by atoms with E-state index in [0.717, 1.165) is 51.6 Å². The standard InChI is InChI=1S/C24H30O2/c1-4-26-17-7-13-23(3)16(15-17)5-6-18-19(23)9-14-24-20(18)8-11-22(24,2)12-10-21(24)25/h5-6,8,15,17H,4,7,9-14H2,1-3H3/t17?,22-,23?,24?/m0/s1.